The van der Waals surface area contributed by atoms with E-state index in [0.717, 1.165) is 12.1 Å². The number of hydrogen-bond donors (Lipinski definition) is 2. The van der Waals surface area contributed by atoms with Gasteiger partial charge < -0.3 is 10.8 Å². The van der Waals surface area contributed by atoms with Gasteiger partial charge in [0.05, 0.1) is 5.76 Å². The van der Waals surface area contributed by atoms with Crippen LogP contribution in [0.15, 0.2) is 36.6 Å². The average molecular weight is 175 g/mol. The van der Waals surface area contributed by atoms with E-state index in [-0.39, 0.29) is 5.92 Å². The Bertz CT molecular complexity index is 328. The van der Waals surface area contributed by atoms with Gasteiger partial charge >= 0.3 is 0 Å². The van der Waals surface area contributed by atoms with E-state index in [1.54, 1.807) is 0 Å². The minimum Gasteiger partial charge on any atom is -0.513 e. The maximum atomic E-state index is 9.16. The summed E-state index contributed by atoms with van der Waals surface area (Å²) in [4.78, 5) is 0. The van der Waals surface area contributed by atoms with Crippen LogP contribution in [0.1, 0.15) is 17.9 Å². The molecular formula is C11H13NO. The first kappa shape index (κ1) is 8.17. The molecule has 1 saturated carbocycles. The lowest BCUT2D eigenvalue weighted by atomic mass is 10.1. The molecule has 2 nitrogen and oxygen atoms in total. The summed E-state index contributed by atoms with van der Waals surface area (Å²) in [6, 6.07) is 7.82. The van der Waals surface area contributed by atoms with Crippen molar-refractivity contribution in [2.75, 3.05) is 5.73 Å². The van der Waals surface area contributed by atoms with Crippen LogP contribution in [-0.2, 0) is 0 Å². The van der Waals surface area contributed by atoms with E-state index >= 15 is 0 Å². The van der Waals surface area contributed by atoms with E-state index in [1.807, 2.05) is 24.3 Å². The quantitative estimate of drug-likeness (QED) is 0.535. The molecule has 2 rings (SSSR count). The van der Waals surface area contributed by atoms with Crippen LogP contribution in [0.25, 0.3) is 0 Å². The maximum absolute atomic E-state index is 9.16. The van der Waals surface area contributed by atoms with Crippen molar-refractivity contribution >= 4 is 5.69 Å². The molecule has 0 bridgehead atoms. The fourth-order valence-electron chi connectivity index (χ4n) is 1.67. The van der Waals surface area contributed by atoms with Crippen LogP contribution < -0.4 is 5.73 Å². The lowest BCUT2D eigenvalue weighted by Gasteiger charge is -1.99. The standard InChI is InChI=1S/C11H13NO/c1-7(13)10-6-11(10)8-2-4-9(12)5-3-8/h2-5,10-11,13H,1,6,12H2. The number of nitrogens with two attached hydrogens (primary N) is 1. The highest BCUT2D eigenvalue weighted by Gasteiger charge is 2.40. The van der Waals surface area contributed by atoms with Crippen LogP contribution in [-0.4, -0.2) is 5.11 Å². The third kappa shape index (κ3) is 1.52. The van der Waals surface area contributed by atoms with Gasteiger partial charge in [-0.1, -0.05) is 18.7 Å². The molecule has 2 heteroatoms. The number of aliphatic hydroxyl groups is 1. The smallest absolute Gasteiger partial charge is 0.0888 e. The first-order valence-electron chi connectivity index (χ1n) is 4.41. The number of anilines is 1. The summed E-state index contributed by atoms with van der Waals surface area (Å²) >= 11 is 0. The summed E-state index contributed by atoms with van der Waals surface area (Å²) in [6.45, 7) is 3.54. The normalized spacial score (nSPS) is 25.5. The van der Waals surface area contributed by atoms with Gasteiger partial charge in [0.15, 0.2) is 0 Å². The first-order chi connectivity index (χ1) is 6.18. The van der Waals surface area contributed by atoms with Gasteiger partial charge in [-0.15, -0.1) is 0 Å². The molecule has 0 aliphatic heterocycles. The predicted molar refractivity (Wildman–Crippen MR) is 53.5 cm³/mol. The number of rotatable bonds is 2. The number of nitrogen functional groups attached to an aromatic ring is 1. The van der Waals surface area contributed by atoms with Crippen LogP contribution in [0.4, 0.5) is 5.69 Å². The Balaban J connectivity index is 2.12. The molecule has 0 aromatic heterocycles. The van der Waals surface area contributed by atoms with E-state index in [2.05, 4.69) is 6.58 Å². The molecule has 2 unspecified atom stereocenters. The van der Waals surface area contributed by atoms with Crippen molar-refractivity contribution in [2.45, 2.75) is 12.3 Å². The van der Waals surface area contributed by atoms with E-state index in [4.69, 9.17) is 10.8 Å². The van der Waals surface area contributed by atoms with Crippen molar-refractivity contribution in [3.8, 4) is 0 Å². The van der Waals surface area contributed by atoms with Gasteiger partial charge in [0.2, 0.25) is 0 Å². The van der Waals surface area contributed by atoms with Gasteiger partial charge in [-0.25, -0.2) is 0 Å². The zero-order valence-corrected chi connectivity index (χ0v) is 7.40. The molecule has 1 aromatic carbocycles. The Morgan fingerprint density at radius 2 is 2.00 bits per heavy atom. The highest BCUT2D eigenvalue weighted by atomic mass is 16.3. The van der Waals surface area contributed by atoms with Crippen molar-refractivity contribution in [3.05, 3.63) is 42.2 Å². The molecular weight excluding hydrogens is 162 g/mol. The SMILES string of the molecule is C=C(O)C1CC1c1ccc(N)cc1. The monoisotopic (exact) mass is 175 g/mol. The number of benzene rings is 1. The molecule has 68 valence electrons. The Morgan fingerprint density at radius 1 is 1.38 bits per heavy atom. The third-order valence-corrected chi connectivity index (χ3v) is 2.58. The van der Waals surface area contributed by atoms with Crippen LogP contribution in [0.3, 0.4) is 0 Å². The highest BCUT2D eigenvalue weighted by molar-refractivity contribution is 5.42. The van der Waals surface area contributed by atoms with Crippen LogP contribution in [0.2, 0.25) is 0 Å². The van der Waals surface area contributed by atoms with Crippen molar-refractivity contribution in [1.82, 2.24) is 0 Å². The lowest BCUT2D eigenvalue weighted by Crippen LogP contribution is -1.88. The van der Waals surface area contributed by atoms with E-state index in [1.165, 1.54) is 5.56 Å². The molecule has 1 aliphatic rings. The summed E-state index contributed by atoms with van der Waals surface area (Å²) in [5.41, 5.74) is 7.60. The average Bonchev–Trinajstić information content (AvgIpc) is 2.85. The van der Waals surface area contributed by atoms with Crippen molar-refractivity contribution < 1.29 is 5.11 Å². The predicted octanol–water partition coefficient (Wildman–Crippen LogP) is 2.44. The second kappa shape index (κ2) is 2.80. The second-order valence-corrected chi connectivity index (χ2v) is 3.61. The van der Waals surface area contributed by atoms with Crippen LogP contribution in [0, 0.1) is 5.92 Å². The fraction of sp³-hybridized carbons (Fsp3) is 0.273. The fourth-order valence-corrected chi connectivity index (χ4v) is 1.67. The highest BCUT2D eigenvalue weighted by Crippen LogP contribution is 2.50. The topological polar surface area (TPSA) is 46.2 Å². The van der Waals surface area contributed by atoms with Gasteiger partial charge in [-0.3, -0.25) is 0 Å². The first-order valence-corrected chi connectivity index (χ1v) is 4.41. The van der Waals surface area contributed by atoms with Gasteiger partial charge in [-0.05, 0) is 30.0 Å². The number of aliphatic hydroxyl groups excluding tert-OH is 1. The number of hydrogen-bond acceptors (Lipinski definition) is 2. The van der Waals surface area contributed by atoms with Gasteiger partial charge in [0.25, 0.3) is 0 Å². The maximum Gasteiger partial charge on any atom is 0.0888 e. The number of allylic oxidation sites excluding steroid dienone is 1. The van der Waals surface area contributed by atoms with Crippen molar-refractivity contribution in [3.63, 3.8) is 0 Å². The zero-order valence-electron chi connectivity index (χ0n) is 7.40. The van der Waals surface area contributed by atoms with E-state index in [0.29, 0.717) is 11.7 Å². The minimum absolute atomic E-state index is 0.267. The molecule has 2 atom stereocenters. The lowest BCUT2D eigenvalue weighted by molar-refractivity contribution is 0.379. The van der Waals surface area contributed by atoms with Crippen molar-refractivity contribution in [2.24, 2.45) is 5.92 Å². The van der Waals surface area contributed by atoms with Crippen molar-refractivity contribution in [1.29, 1.82) is 0 Å². The zero-order chi connectivity index (χ0) is 9.42. The largest absolute Gasteiger partial charge is 0.513 e. The van der Waals surface area contributed by atoms with Gasteiger partial charge in [-0.2, -0.15) is 0 Å². The molecule has 0 heterocycles. The molecule has 0 radical (unpaired) electrons. The van der Waals surface area contributed by atoms with E-state index < -0.39 is 0 Å². The molecule has 0 amide bonds. The summed E-state index contributed by atoms with van der Waals surface area (Å²) in [7, 11) is 0. The van der Waals surface area contributed by atoms with Gasteiger partial charge in [0.1, 0.15) is 0 Å². The Morgan fingerprint density at radius 3 is 2.46 bits per heavy atom. The molecule has 3 N–H and O–H groups in total. The molecule has 1 aliphatic carbocycles. The van der Waals surface area contributed by atoms with E-state index in [9.17, 15) is 0 Å². The summed E-state index contributed by atoms with van der Waals surface area (Å²) in [5, 5.41) is 9.16. The molecule has 13 heavy (non-hydrogen) atoms. The Labute approximate surface area is 77.7 Å². The van der Waals surface area contributed by atoms with Gasteiger partial charge in [0, 0.05) is 11.6 Å². The minimum atomic E-state index is 0.267. The molecule has 0 spiro atoms. The summed E-state index contributed by atoms with van der Waals surface area (Å²) < 4.78 is 0. The Kier molecular flexibility index (Phi) is 1.76. The molecule has 0 saturated heterocycles. The summed E-state index contributed by atoms with van der Waals surface area (Å²) in [6.07, 6.45) is 1.01. The molecule has 1 fully saturated rings. The molecule has 1 aromatic rings. The third-order valence-electron chi connectivity index (χ3n) is 2.58. The van der Waals surface area contributed by atoms with Crippen LogP contribution >= 0.6 is 0 Å². The second-order valence-electron chi connectivity index (χ2n) is 3.61. The Hall–Kier alpha value is -1.44. The summed E-state index contributed by atoms with van der Waals surface area (Å²) in [5.74, 6) is 1.03. The van der Waals surface area contributed by atoms with Crippen LogP contribution in [0.5, 0.6) is 0 Å².